The van der Waals surface area contributed by atoms with Gasteiger partial charge >= 0.3 is 0 Å². The van der Waals surface area contributed by atoms with Crippen LogP contribution < -0.4 is 0 Å². The minimum atomic E-state index is -4.41. The molecule has 1 N–H and O–H groups in total. The summed E-state index contributed by atoms with van der Waals surface area (Å²) >= 11 is 0. The molecule has 0 atom stereocenters. The molecule has 1 fully saturated rings. The summed E-state index contributed by atoms with van der Waals surface area (Å²) in [6.07, 6.45) is 6.96. The number of rotatable bonds is 3. The standard InChI is InChI=1S/C11H22N2O.CH4O4S/c1-11(2,10-12-14)13(3)8-6-4-5-7-9-13;1-5-6(2,3)4/h10H,4-9H2,1-3H3;1H3,(H,2,3,4)/b12-10+;. The van der Waals surface area contributed by atoms with E-state index >= 15 is 0 Å². The first-order valence-corrected chi connectivity index (χ1v) is 7.96. The molecule has 0 unspecified atom stereocenters. The van der Waals surface area contributed by atoms with Gasteiger partial charge in [0.15, 0.2) is 0 Å². The molecule has 0 radical (unpaired) electrons. The van der Waals surface area contributed by atoms with Gasteiger partial charge in [0.2, 0.25) is 10.4 Å². The highest BCUT2D eigenvalue weighted by atomic mass is 32.3. The Kier molecular flexibility index (Phi) is 7.64. The molecule has 7 nitrogen and oxygen atoms in total. The fourth-order valence-electron chi connectivity index (χ4n) is 2.24. The van der Waals surface area contributed by atoms with Crippen molar-refractivity contribution in [2.45, 2.75) is 45.1 Å². The molecule has 1 aliphatic heterocycles. The summed E-state index contributed by atoms with van der Waals surface area (Å²) in [5, 5.41) is 11.9. The normalized spacial score (nSPS) is 20.1. The Morgan fingerprint density at radius 1 is 1.25 bits per heavy atom. The molecule has 0 bridgehead atoms. The lowest BCUT2D eigenvalue weighted by Crippen LogP contribution is -2.60. The van der Waals surface area contributed by atoms with Crippen LogP contribution in [0.1, 0.15) is 39.5 Å². The van der Waals surface area contributed by atoms with Crippen molar-refractivity contribution in [1.29, 1.82) is 0 Å². The molecular weight excluding hydrogens is 284 g/mol. The highest BCUT2D eigenvalue weighted by Crippen LogP contribution is 2.26. The van der Waals surface area contributed by atoms with Crippen molar-refractivity contribution in [2.24, 2.45) is 5.16 Å². The molecule has 1 saturated heterocycles. The lowest BCUT2D eigenvalue weighted by molar-refractivity contribution is -0.942. The summed E-state index contributed by atoms with van der Waals surface area (Å²) in [6, 6.07) is 0. The van der Waals surface area contributed by atoms with Crippen LogP contribution in [0.4, 0.5) is 0 Å². The number of likely N-dealkylation sites (tertiary alicyclic amines) is 1. The highest BCUT2D eigenvalue weighted by Gasteiger charge is 2.39. The van der Waals surface area contributed by atoms with Crippen LogP contribution >= 0.6 is 0 Å². The zero-order valence-corrected chi connectivity index (χ0v) is 13.5. The molecule has 8 heteroatoms. The van der Waals surface area contributed by atoms with Gasteiger partial charge in [-0.3, -0.25) is 4.18 Å². The van der Waals surface area contributed by atoms with E-state index in [4.69, 9.17) is 5.21 Å². The predicted molar refractivity (Wildman–Crippen MR) is 75.5 cm³/mol. The second-order valence-electron chi connectivity index (χ2n) is 5.73. The summed E-state index contributed by atoms with van der Waals surface area (Å²) in [5.41, 5.74) is -0.0565. The van der Waals surface area contributed by atoms with Gasteiger partial charge in [0.1, 0.15) is 11.8 Å². The monoisotopic (exact) mass is 310 g/mol. The third kappa shape index (κ3) is 6.65. The van der Waals surface area contributed by atoms with E-state index in [-0.39, 0.29) is 5.54 Å². The van der Waals surface area contributed by atoms with Crippen molar-refractivity contribution >= 4 is 16.6 Å². The Bertz CT molecular complexity index is 398. The molecule has 0 spiro atoms. The molecule has 0 aromatic heterocycles. The van der Waals surface area contributed by atoms with Crippen LogP contribution in [0.25, 0.3) is 0 Å². The minimum Gasteiger partial charge on any atom is -0.726 e. The third-order valence-corrected chi connectivity index (χ3v) is 4.43. The molecule has 0 amide bonds. The maximum absolute atomic E-state index is 9.22. The molecule has 1 heterocycles. The van der Waals surface area contributed by atoms with E-state index in [0.29, 0.717) is 0 Å². The average Bonchev–Trinajstić information content (AvgIpc) is 2.55. The molecule has 120 valence electrons. The predicted octanol–water partition coefficient (Wildman–Crippen LogP) is 1.34. The highest BCUT2D eigenvalue weighted by molar-refractivity contribution is 7.80. The Morgan fingerprint density at radius 2 is 1.65 bits per heavy atom. The SMILES string of the molecule is CC(C)(/C=N/O)[N+]1(C)CCCCCC1.COS(=O)(=O)[O-]. The largest absolute Gasteiger partial charge is 0.726 e. The Balaban J connectivity index is 0.000000511. The topological polar surface area (TPSA) is 99.0 Å². The Hall–Kier alpha value is -0.700. The van der Waals surface area contributed by atoms with E-state index in [2.05, 4.69) is 30.2 Å². The van der Waals surface area contributed by atoms with Gasteiger partial charge in [-0.1, -0.05) is 5.16 Å². The van der Waals surface area contributed by atoms with E-state index in [1.54, 1.807) is 6.21 Å². The average molecular weight is 310 g/mol. The molecule has 20 heavy (non-hydrogen) atoms. The van der Waals surface area contributed by atoms with Crippen molar-refractivity contribution in [3.63, 3.8) is 0 Å². The van der Waals surface area contributed by atoms with Crippen molar-refractivity contribution in [3.05, 3.63) is 0 Å². The lowest BCUT2D eigenvalue weighted by Gasteiger charge is -2.44. The van der Waals surface area contributed by atoms with E-state index < -0.39 is 10.4 Å². The quantitative estimate of drug-likeness (QED) is 0.212. The summed E-state index contributed by atoms with van der Waals surface area (Å²) in [5.74, 6) is 0. The smallest absolute Gasteiger partial charge is 0.217 e. The van der Waals surface area contributed by atoms with Gasteiger partial charge in [0, 0.05) is 0 Å². The van der Waals surface area contributed by atoms with Crippen LogP contribution in [-0.2, 0) is 14.6 Å². The second kappa shape index (κ2) is 7.92. The van der Waals surface area contributed by atoms with Gasteiger partial charge in [-0.25, -0.2) is 8.42 Å². The van der Waals surface area contributed by atoms with Crippen molar-refractivity contribution in [1.82, 2.24) is 0 Å². The zero-order chi connectivity index (χ0) is 15.9. The number of oxime groups is 1. The summed E-state index contributed by atoms with van der Waals surface area (Å²) in [7, 11) is -1.33. The number of quaternary nitrogens is 1. The molecule has 0 aromatic rings. The van der Waals surface area contributed by atoms with Gasteiger partial charge in [-0.2, -0.15) is 0 Å². The Labute approximate surface area is 121 Å². The molecule has 0 saturated carbocycles. The van der Waals surface area contributed by atoms with Crippen LogP contribution in [0, 0.1) is 0 Å². The summed E-state index contributed by atoms with van der Waals surface area (Å²) in [6.45, 7) is 6.69. The Morgan fingerprint density at radius 3 is 1.95 bits per heavy atom. The van der Waals surface area contributed by atoms with E-state index in [1.165, 1.54) is 38.8 Å². The number of hydrogen-bond donors (Lipinski definition) is 1. The van der Waals surface area contributed by atoms with Crippen LogP contribution in [-0.4, -0.2) is 61.7 Å². The molecule has 0 aliphatic carbocycles. The van der Waals surface area contributed by atoms with E-state index in [0.717, 1.165) is 11.6 Å². The third-order valence-electron chi connectivity index (χ3n) is 4.02. The van der Waals surface area contributed by atoms with Crippen LogP contribution in [0.3, 0.4) is 0 Å². The van der Waals surface area contributed by atoms with Crippen LogP contribution in [0.5, 0.6) is 0 Å². The summed E-state index contributed by atoms with van der Waals surface area (Å²) < 4.78 is 32.0. The van der Waals surface area contributed by atoms with Crippen molar-refractivity contribution < 1.29 is 26.8 Å². The maximum atomic E-state index is 9.22. The number of hydrogen-bond acceptors (Lipinski definition) is 6. The van der Waals surface area contributed by atoms with Gasteiger partial charge in [-0.05, 0) is 39.5 Å². The fourth-order valence-corrected chi connectivity index (χ4v) is 2.24. The molecule has 1 aliphatic rings. The number of nitrogens with zero attached hydrogens (tertiary/aromatic N) is 2. The fraction of sp³-hybridized carbons (Fsp3) is 0.917. The first kappa shape index (κ1) is 19.3. The summed E-state index contributed by atoms with van der Waals surface area (Å²) in [4.78, 5) is 0. The molecule has 1 rings (SSSR count). The van der Waals surface area contributed by atoms with Crippen LogP contribution in [0.2, 0.25) is 0 Å². The maximum Gasteiger partial charge on any atom is 0.217 e. The zero-order valence-electron chi connectivity index (χ0n) is 12.7. The van der Waals surface area contributed by atoms with E-state index in [1.807, 2.05) is 0 Å². The first-order chi connectivity index (χ1) is 9.08. The van der Waals surface area contributed by atoms with Crippen molar-refractivity contribution in [3.8, 4) is 0 Å². The van der Waals surface area contributed by atoms with Crippen molar-refractivity contribution in [2.75, 3.05) is 27.2 Å². The van der Waals surface area contributed by atoms with Gasteiger partial charge in [-0.15, -0.1) is 0 Å². The van der Waals surface area contributed by atoms with Gasteiger partial charge in [0.25, 0.3) is 0 Å². The van der Waals surface area contributed by atoms with Gasteiger partial charge < -0.3 is 14.2 Å². The first-order valence-electron chi connectivity index (χ1n) is 6.63. The second-order valence-corrected chi connectivity index (χ2v) is 6.88. The molecular formula is C12H26N2O5S. The molecule has 0 aromatic carbocycles. The minimum absolute atomic E-state index is 0.0565. The van der Waals surface area contributed by atoms with Gasteiger partial charge in [0.05, 0.1) is 27.2 Å². The van der Waals surface area contributed by atoms with E-state index in [9.17, 15) is 13.0 Å². The van der Waals surface area contributed by atoms with Crippen LogP contribution in [0.15, 0.2) is 5.16 Å². The lowest BCUT2D eigenvalue weighted by atomic mass is 10.0.